The quantitative estimate of drug-likeness (QED) is 0.119. The van der Waals surface area contributed by atoms with Crippen molar-refractivity contribution in [3.63, 3.8) is 0 Å². The van der Waals surface area contributed by atoms with Gasteiger partial charge in [0.05, 0.1) is 0 Å². The molecule has 2 aromatic heterocycles. The summed E-state index contributed by atoms with van der Waals surface area (Å²) in [5, 5.41) is 4.30. The minimum Gasteiger partial charge on any atom is -0.382 e. The average Bonchev–Trinajstić information content (AvgIpc) is 2.75. The summed E-state index contributed by atoms with van der Waals surface area (Å²) in [4.78, 5) is 47.2. The van der Waals surface area contributed by atoms with Crippen LogP contribution in [0, 0.1) is 0 Å². The monoisotopic (exact) mass is 512 g/mol. The summed E-state index contributed by atoms with van der Waals surface area (Å²) >= 11 is 11.5. The third-order valence-electron chi connectivity index (χ3n) is 3.85. The SMILES string of the molecule is NC(=NCCCCN=C(N)NC(=O)c1nc(Cl)c(N)nc1N)NC(=O)c1nc(Cl)c(N)nc1N. The molecule has 0 aromatic carbocycles. The Bertz CT molecular complexity index is 1060. The largest absolute Gasteiger partial charge is 0.382 e. The molecule has 0 radical (unpaired) electrons. The number of nitrogens with zero attached hydrogens (tertiary/aromatic N) is 6. The highest BCUT2D eigenvalue weighted by atomic mass is 35.5. The maximum Gasteiger partial charge on any atom is 0.280 e. The zero-order chi connectivity index (χ0) is 25.4. The van der Waals surface area contributed by atoms with E-state index >= 15 is 0 Å². The summed E-state index contributed by atoms with van der Waals surface area (Å²) in [6.45, 7) is 0.543. The number of amides is 2. The zero-order valence-electron chi connectivity index (χ0n) is 17.5. The molecule has 0 aliphatic heterocycles. The molecule has 16 nitrogen and oxygen atoms in total. The van der Waals surface area contributed by atoms with E-state index in [9.17, 15) is 9.59 Å². The third-order valence-corrected chi connectivity index (χ3v) is 4.41. The second-order valence-corrected chi connectivity index (χ2v) is 7.13. The summed E-state index contributed by atoms with van der Waals surface area (Å²) in [5.74, 6) is -2.41. The number of nitrogen functional groups attached to an aromatic ring is 4. The molecule has 0 bridgehead atoms. The van der Waals surface area contributed by atoms with E-state index in [2.05, 4.69) is 40.6 Å². The van der Waals surface area contributed by atoms with Crippen molar-refractivity contribution in [2.24, 2.45) is 21.5 Å². The number of carbonyl (C=O) groups is 2. The third kappa shape index (κ3) is 7.17. The van der Waals surface area contributed by atoms with Gasteiger partial charge < -0.3 is 34.4 Å². The molecular weight excluding hydrogens is 491 g/mol. The number of nitrogens with one attached hydrogen (secondary N) is 2. The van der Waals surface area contributed by atoms with Crippen molar-refractivity contribution in [2.75, 3.05) is 36.0 Å². The number of unbranched alkanes of at least 4 members (excludes halogenated alkanes) is 1. The molecule has 0 atom stereocenters. The minimum absolute atomic E-state index is 0.104. The van der Waals surface area contributed by atoms with Gasteiger partial charge in [0.2, 0.25) is 0 Å². The van der Waals surface area contributed by atoms with Crippen LogP contribution in [0.3, 0.4) is 0 Å². The Labute approximate surface area is 202 Å². The highest BCUT2D eigenvalue weighted by Gasteiger charge is 2.17. The number of aromatic nitrogens is 4. The van der Waals surface area contributed by atoms with E-state index in [1.54, 1.807) is 0 Å². The summed E-state index contributed by atoms with van der Waals surface area (Å²) in [6, 6.07) is 0. The minimum atomic E-state index is -0.742. The van der Waals surface area contributed by atoms with Gasteiger partial charge in [0.1, 0.15) is 0 Å². The van der Waals surface area contributed by atoms with E-state index in [-0.39, 0.29) is 70.0 Å². The number of aliphatic imine (C=N–C) groups is 2. The Morgan fingerprint density at radius 3 is 1.38 bits per heavy atom. The molecule has 0 unspecified atom stereocenters. The van der Waals surface area contributed by atoms with E-state index in [4.69, 9.17) is 57.6 Å². The van der Waals surface area contributed by atoms with Crippen LogP contribution >= 0.6 is 23.2 Å². The zero-order valence-corrected chi connectivity index (χ0v) is 19.1. The first-order valence-electron chi connectivity index (χ1n) is 9.39. The Hall–Kier alpha value is -4.18. The molecule has 0 fully saturated rings. The fraction of sp³-hybridized carbons (Fsp3) is 0.250. The van der Waals surface area contributed by atoms with Crippen molar-refractivity contribution in [3.8, 4) is 0 Å². The first-order chi connectivity index (χ1) is 16.0. The van der Waals surface area contributed by atoms with Gasteiger partial charge >= 0.3 is 0 Å². The Morgan fingerprint density at radius 2 is 1.03 bits per heavy atom. The van der Waals surface area contributed by atoms with Gasteiger partial charge in [0.15, 0.2) is 56.9 Å². The Balaban J connectivity index is 1.77. The van der Waals surface area contributed by atoms with Crippen LogP contribution < -0.4 is 45.0 Å². The molecule has 2 heterocycles. The van der Waals surface area contributed by atoms with E-state index in [1.807, 2.05) is 0 Å². The molecule has 2 amide bonds. The first-order valence-corrected chi connectivity index (χ1v) is 10.1. The molecule has 14 N–H and O–H groups in total. The Kier molecular flexibility index (Phi) is 8.91. The summed E-state index contributed by atoms with van der Waals surface area (Å²) in [7, 11) is 0. The van der Waals surface area contributed by atoms with Crippen molar-refractivity contribution in [3.05, 3.63) is 21.7 Å². The highest BCUT2D eigenvalue weighted by molar-refractivity contribution is 6.32. The maximum atomic E-state index is 12.1. The molecule has 2 aromatic rings. The molecule has 0 saturated heterocycles. The normalized spacial score (nSPS) is 11.8. The molecule has 0 spiro atoms. The van der Waals surface area contributed by atoms with Gasteiger partial charge in [-0.15, -0.1) is 0 Å². The van der Waals surface area contributed by atoms with Crippen LogP contribution in [0.2, 0.25) is 10.3 Å². The summed E-state index contributed by atoms with van der Waals surface area (Å²) in [5.41, 5.74) is 33.0. The van der Waals surface area contributed by atoms with Crippen LogP contribution in [-0.4, -0.2) is 56.8 Å². The molecule has 182 valence electrons. The van der Waals surface area contributed by atoms with Gasteiger partial charge in [0.25, 0.3) is 11.8 Å². The summed E-state index contributed by atoms with van der Waals surface area (Å²) < 4.78 is 0. The molecule has 34 heavy (non-hydrogen) atoms. The van der Waals surface area contributed by atoms with Crippen LogP contribution in [0.4, 0.5) is 23.3 Å². The topological polar surface area (TPSA) is 291 Å². The number of nitrogens with two attached hydrogens (primary N) is 6. The number of guanidine groups is 2. The average molecular weight is 513 g/mol. The van der Waals surface area contributed by atoms with Gasteiger partial charge in [-0.3, -0.25) is 30.2 Å². The number of hydrogen-bond donors (Lipinski definition) is 8. The van der Waals surface area contributed by atoms with Crippen LogP contribution in [0.25, 0.3) is 0 Å². The lowest BCUT2D eigenvalue weighted by atomic mass is 10.3. The van der Waals surface area contributed by atoms with Gasteiger partial charge in [-0.1, -0.05) is 23.2 Å². The van der Waals surface area contributed by atoms with Crippen molar-refractivity contribution in [1.29, 1.82) is 0 Å². The van der Waals surface area contributed by atoms with Gasteiger partial charge in [-0.05, 0) is 12.8 Å². The predicted octanol–water partition coefficient (Wildman–Crippen LogP) is -1.53. The first kappa shape index (κ1) is 26.1. The lowest BCUT2D eigenvalue weighted by Crippen LogP contribution is -2.38. The Morgan fingerprint density at radius 1 is 0.676 bits per heavy atom. The van der Waals surface area contributed by atoms with Gasteiger partial charge in [-0.2, -0.15) is 0 Å². The maximum absolute atomic E-state index is 12.1. The van der Waals surface area contributed by atoms with E-state index in [1.165, 1.54) is 0 Å². The van der Waals surface area contributed by atoms with Crippen LogP contribution in [0.15, 0.2) is 9.98 Å². The number of carbonyl (C=O) groups excluding carboxylic acids is 2. The fourth-order valence-corrected chi connectivity index (χ4v) is 2.52. The van der Waals surface area contributed by atoms with Crippen LogP contribution in [-0.2, 0) is 0 Å². The highest BCUT2D eigenvalue weighted by Crippen LogP contribution is 2.18. The van der Waals surface area contributed by atoms with E-state index in [0.29, 0.717) is 12.8 Å². The van der Waals surface area contributed by atoms with Crippen molar-refractivity contribution in [1.82, 2.24) is 30.6 Å². The van der Waals surface area contributed by atoms with E-state index < -0.39 is 11.8 Å². The molecule has 0 saturated carbocycles. The number of rotatable bonds is 7. The predicted molar refractivity (Wildman–Crippen MR) is 129 cm³/mol. The molecule has 0 aliphatic rings. The molecule has 0 aliphatic carbocycles. The van der Waals surface area contributed by atoms with Crippen molar-refractivity contribution < 1.29 is 9.59 Å². The number of halogens is 2. The fourth-order valence-electron chi connectivity index (χ4n) is 2.27. The lowest BCUT2D eigenvalue weighted by Gasteiger charge is -2.07. The van der Waals surface area contributed by atoms with Crippen LogP contribution in [0.5, 0.6) is 0 Å². The van der Waals surface area contributed by atoms with E-state index in [0.717, 1.165) is 0 Å². The van der Waals surface area contributed by atoms with Crippen LogP contribution in [0.1, 0.15) is 33.8 Å². The standard InChI is InChI=1S/C16H22Cl2N14O2/c17-7-11(21)29-9(19)5(27-7)13(33)31-15(23)25-3-1-2-4-26-16(24)32-14(34)6-10(20)30-12(22)8(18)28-6/h1-4H2,(H4,19,21,29)(H4,20,22,30)(H3,23,25,31,33)(H3,24,26,32,34). The van der Waals surface area contributed by atoms with Gasteiger partial charge in [0, 0.05) is 13.1 Å². The lowest BCUT2D eigenvalue weighted by molar-refractivity contribution is 0.0964. The van der Waals surface area contributed by atoms with Crippen molar-refractivity contribution >= 4 is 70.2 Å². The second kappa shape index (κ2) is 11.6. The second-order valence-electron chi connectivity index (χ2n) is 6.42. The van der Waals surface area contributed by atoms with Gasteiger partial charge in [-0.25, -0.2) is 19.9 Å². The molecule has 2 rings (SSSR count). The molecular formula is C16H22Cl2N14O2. The smallest absolute Gasteiger partial charge is 0.280 e. The number of hydrogen-bond acceptors (Lipinski definition) is 12. The van der Waals surface area contributed by atoms with Crippen molar-refractivity contribution in [2.45, 2.75) is 12.8 Å². The number of anilines is 4. The molecule has 18 heteroatoms. The summed E-state index contributed by atoms with van der Waals surface area (Å²) in [6.07, 6.45) is 1.09.